The standard InChI is InChI=1S/C15H20N2O4/c1-11(18)16-7-9-17(10-8-16)15(19)14-12(20-2)5-4-6-13(14)21-3/h4-6H,7-10H2,1-3H3. The van der Waals surface area contributed by atoms with E-state index in [1.54, 1.807) is 34.9 Å². The van der Waals surface area contributed by atoms with Crippen LogP contribution in [0.3, 0.4) is 0 Å². The first-order valence-electron chi connectivity index (χ1n) is 6.84. The van der Waals surface area contributed by atoms with Crippen molar-refractivity contribution in [3.05, 3.63) is 23.8 Å². The Labute approximate surface area is 124 Å². The third-order valence-electron chi connectivity index (χ3n) is 3.65. The zero-order chi connectivity index (χ0) is 15.4. The molecule has 0 bridgehead atoms. The minimum Gasteiger partial charge on any atom is -0.496 e. The molecule has 1 aliphatic heterocycles. The summed E-state index contributed by atoms with van der Waals surface area (Å²) in [6, 6.07) is 5.26. The molecule has 0 aromatic heterocycles. The summed E-state index contributed by atoms with van der Waals surface area (Å²) in [5, 5.41) is 0. The van der Waals surface area contributed by atoms with Crippen molar-refractivity contribution in [1.82, 2.24) is 9.80 Å². The molecule has 1 fully saturated rings. The van der Waals surface area contributed by atoms with Gasteiger partial charge in [0, 0.05) is 33.1 Å². The smallest absolute Gasteiger partial charge is 0.261 e. The van der Waals surface area contributed by atoms with Gasteiger partial charge in [-0.25, -0.2) is 0 Å². The summed E-state index contributed by atoms with van der Waals surface area (Å²) in [6.45, 7) is 3.68. The average Bonchev–Trinajstić information content (AvgIpc) is 2.53. The van der Waals surface area contributed by atoms with Crippen LogP contribution in [0.5, 0.6) is 11.5 Å². The highest BCUT2D eigenvalue weighted by Crippen LogP contribution is 2.29. The van der Waals surface area contributed by atoms with Gasteiger partial charge in [0.1, 0.15) is 17.1 Å². The Hall–Kier alpha value is -2.24. The summed E-state index contributed by atoms with van der Waals surface area (Å²) in [6.07, 6.45) is 0. The van der Waals surface area contributed by atoms with Crippen molar-refractivity contribution >= 4 is 11.8 Å². The topological polar surface area (TPSA) is 59.1 Å². The molecule has 114 valence electrons. The summed E-state index contributed by atoms with van der Waals surface area (Å²) in [5.41, 5.74) is 0.429. The molecule has 1 aromatic carbocycles. The first kappa shape index (κ1) is 15.2. The van der Waals surface area contributed by atoms with Gasteiger partial charge in [-0.15, -0.1) is 0 Å². The van der Waals surface area contributed by atoms with Gasteiger partial charge in [0.2, 0.25) is 5.91 Å². The lowest BCUT2D eigenvalue weighted by Crippen LogP contribution is -2.50. The number of benzene rings is 1. The number of methoxy groups -OCH3 is 2. The quantitative estimate of drug-likeness (QED) is 0.834. The van der Waals surface area contributed by atoms with Gasteiger partial charge in [0.05, 0.1) is 14.2 Å². The monoisotopic (exact) mass is 292 g/mol. The van der Waals surface area contributed by atoms with Crippen molar-refractivity contribution in [1.29, 1.82) is 0 Å². The van der Waals surface area contributed by atoms with Crippen LogP contribution in [0.25, 0.3) is 0 Å². The van der Waals surface area contributed by atoms with E-state index in [4.69, 9.17) is 9.47 Å². The van der Waals surface area contributed by atoms with Crippen molar-refractivity contribution < 1.29 is 19.1 Å². The molecule has 0 N–H and O–H groups in total. The van der Waals surface area contributed by atoms with Crippen LogP contribution in [0.15, 0.2) is 18.2 Å². The van der Waals surface area contributed by atoms with Crippen LogP contribution in [0, 0.1) is 0 Å². The van der Waals surface area contributed by atoms with E-state index < -0.39 is 0 Å². The van der Waals surface area contributed by atoms with Crippen LogP contribution in [0.2, 0.25) is 0 Å². The van der Waals surface area contributed by atoms with Crippen LogP contribution in [-0.2, 0) is 4.79 Å². The number of carbonyl (C=O) groups is 2. The van der Waals surface area contributed by atoms with Gasteiger partial charge >= 0.3 is 0 Å². The van der Waals surface area contributed by atoms with Crippen LogP contribution in [-0.4, -0.2) is 62.0 Å². The largest absolute Gasteiger partial charge is 0.496 e. The molecule has 0 unspecified atom stereocenters. The van der Waals surface area contributed by atoms with E-state index in [0.29, 0.717) is 43.2 Å². The van der Waals surface area contributed by atoms with Gasteiger partial charge in [-0.1, -0.05) is 6.07 Å². The number of ether oxygens (including phenoxy) is 2. The zero-order valence-electron chi connectivity index (χ0n) is 12.6. The highest BCUT2D eigenvalue weighted by Gasteiger charge is 2.27. The van der Waals surface area contributed by atoms with Gasteiger partial charge in [0.15, 0.2) is 0 Å². The Morgan fingerprint density at radius 1 is 0.952 bits per heavy atom. The molecular weight excluding hydrogens is 272 g/mol. The predicted octanol–water partition coefficient (Wildman–Crippen LogP) is 1.01. The molecule has 6 heteroatoms. The second kappa shape index (κ2) is 6.47. The lowest BCUT2D eigenvalue weighted by atomic mass is 10.1. The van der Waals surface area contributed by atoms with Crippen LogP contribution < -0.4 is 9.47 Å². The fourth-order valence-corrected chi connectivity index (χ4v) is 2.44. The Balaban J connectivity index is 2.19. The van der Waals surface area contributed by atoms with Crippen LogP contribution >= 0.6 is 0 Å². The molecule has 1 aromatic rings. The molecule has 2 rings (SSSR count). The highest BCUT2D eigenvalue weighted by molar-refractivity contribution is 5.99. The minimum absolute atomic E-state index is 0.0389. The third-order valence-corrected chi connectivity index (χ3v) is 3.65. The second-order valence-corrected chi connectivity index (χ2v) is 4.84. The maximum atomic E-state index is 12.7. The summed E-state index contributed by atoms with van der Waals surface area (Å²) in [4.78, 5) is 27.5. The molecule has 0 atom stereocenters. The normalized spacial score (nSPS) is 14.8. The first-order valence-corrected chi connectivity index (χ1v) is 6.84. The molecular formula is C15H20N2O4. The summed E-state index contributed by atoms with van der Waals surface area (Å²) >= 11 is 0. The van der Waals surface area contributed by atoms with Gasteiger partial charge < -0.3 is 19.3 Å². The first-order chi connectivity index (χ1) is 10.1. The molecule has 21 heavy (non-hydrogen) atoms. The number of piperazine rings is 1. The maximum Gasteiger partial charge on any atom is 0.261 e. The van der Waals surface area contributed by atoms with Crippen molar-refractivity contribution in [2.75, 3.05) is 40.4 Å². The Kier molecular flexibility index (Phi) is 4.67. The highest BCUT2D eigenvalue weighted by atomic mass is 16.5. The minimum atomic E-state index is -0.132. The van der Waals surface area contributed by atoms with Crippen LogP contribution in [0.1, 0.15) is 17.3 Å². The van der Waals surface area contributed by atoms with Gasteiger partial charge in [-0.05, 0) is 12.1 Å². The molecule has 0 aliphatic carbocycles. The van der Waals surface area contributed by atoms with Gasteiger partial charge in [0.25, 0.3) is 5.91 Å². The third kappa shape index (κ3) is 3.09. The molecule has 0 radical (unpaired) electrons. The SMILES string of the molecule is COc1cccc(OC)c1C(=O)N1CCN(C(C)=O)CC1. The Morgan fingerprint density at radius 2 is 1.43 bits per heavy atom. The number of hydrogen-bond donors (Lipinski definition) is 0. The van der Waals surface area contributed by atoms with Crippen LogP contribution in [0.4, 0.5) is 0 Å². The fraction of sp³-hybridized carbons (Fsp3) is 0.467. The maximum absolute atomic E-state index is 12.7. The fourth-order valence-electron chi connectivity index (χ4n) is 2.44. The van der Waals surface area contributed by atoms with E-state index in [1.165, 1.54) is 14.2 Å². The van der Waals surface area contributed by atoms with E-state index in [2.05, 4.69) is 0 Å². The van der Waals surface area contributed by atoms with E-state index in [1.807, 2.05) is 0 Å². The molecule has 2 amide bonds. The lowest BCUT2D eigenvalue weighted by molar-refractivity contribution is -0.130. The van der Waals surface area contributed by atoms with Crippen molar-refractivity contribution in [3.63, 3.8) is 0 Å². The summed E-state index contributed by atoms with van der Waals surface area (Å²) in [7, 11) is 3.05. The second-order valence-electron chi connectivity index (χ2n) is 4.84. The molecule has 0 spiro atoms. The molecule has 1 saturated heterocycles. The van der Waals surface area contributed by atoms with Crippen molar-refractivity contribution in [2.45, 2.75) is 6.92 Å². The predicted molar refractivity (Wildman–Crippen MR) is 77.7 cm³/mol. The van der Waals surface area contributed by atoms with Gasteiger partial charge in [-0.3, -0.25) is 9.59 Å². The van der Waals surface area contributed by atoms with E-state index in [9.17, 15) is 9.59 Å². The Morgan fingerprint density at radius 3 is 1.86 bits per heavy atom. The number of hydrogen-bond acceptors (Lipinski definition) is 4. The number of nitrogens with zero attached hydrogens (tertiary/aromatic N) is 2. The summed E-state index contributed by atoms with van der Waals surface area (Å²) < 4.78 is 10.5. The van der Waals surface area contributed by atoms with E-state index >= 15 is 0 Å². The van der Waals surface area contributed by atoms with E-state index in [0.717, 1.165) is 0 Å². The number of amides is 2. The van der Waals surface area contributed by atoms with E-state index in [-0.39, 0.29) is 11.8 Å². The molecule has 1 aliphatic rings. The summed E-state index contributed by atoms with van der Waals surface area (Å²) in [5.74, 6) is 0.895. The number of carbonyl (C=O) groups excluding carboxylic acids is 2. The zero-order valence-corrected chi connectivity index (χ0v) is 12.6. The van der Waals surface area contributed by atoms with Crippen molar-refractivity contribution in [2.24, 2.45) is 0 Å². The molecule has 6 nitrogen and oxygen atoms in total. The molecule has 0 saturated carbocycles. The van der Waals surface area contributed by atoms with Crippen molar-refractivity contribution in [3.8, 4) is 11.5 Å². The van der Waals surface area contributed by atoms with Gasteiger partial charge in [-0.2, -0.15) is 0 Å². The molecule has 1 heterocycles. The lowest BCUT2D eigenvalue weighted by Gasteiger charge is -2.34. The average molecular weight is 292 g/mol. The number of rotatable bonds is 3. The Bertz CT molecular complexity index is 514.